The Bertz CT molecular complexity index is 1970. The van der Waals surface area contributed by atoms with Crippen LogP contribution in [-0.2, 0) is 42.8 Å². The van der Waals surface area contributed by atoms with E-state index >= 15 is 4.79 Å². The van der Waals surface area contributed by atoms with E-state index in [2.05, 4.69) is 9.88 Å². The molecule has 1 amide bonds. The summed E-state index contributed by atoms with van der Waals surface area (Å²) in [6, 6.07) is 8.77. The number of fused-ring (bicyclic) bond motifs is 2. The van der Waals surface area contributed by atoms with Crippen LogP contribution in [0.15, 0.2) is 42.6 Å². The smallest absolute Gasteiger partial charge is 0.410 e. The normalized spacial score (nSPS) is 36.3. The van der Waals surface area contributed by atoms with Crippen LogP contribution in [0.25, 0.3) is 17.0 Å². The van der Waals surface area contributed by atoms with Crippen LogP contribution in [0, 0.1) is 23.7 Å². The third-order valence-electron chi connectivity index (χ3n) is 14.1. The summed E-state index contributed by atoms with van der Waals surface area (Å²) in [7, 11) is 3.76. The Kier molecular flexibility index (Phi) is 16.4. The highest BCUT2D eigenvalue weighted by atomic mass is 16.7. The van der Waals surface area contributed by atoms with Crippen molar-refractivity contribution in [2.75, 3.05) is 60.1 Å². The van der Waals surface area contributed by atoms with Crippen LogP contribution in [0.1, 0.15) is 86.6 Å². The lowest BCUT2D eigenvalue weighted by Gasteiger charge is -2.47. The lowest BCUT2D eigenvalue weighted by Crippen LogP contribution is -2.60. The number of carbonyl (C=O) groups is 4. The Morgan fingerprint density at radius 3 is 2.41 bits per heavy atom. The monoisotopic (exact) mass is 893 g/mol. The summed E-state index contributed by atoms with van der Waals surface area (Å²) in [6.45, 7) is 18.1. The number of benzene rings is 1. The molecular weight excluding hydrogens is 821 g/mol. The number of hydrogen-bond donors (Lipinski definition) is 1. The van der Waals surface area contributed by atoms with Crippen LogP contribution >= 0.6 is 0 Å². The van der Waals surface area contributed by atoms with Gasteiger partial charge in [-0.3, -0.25) is 24.3 Å². The van der Waals surface area contributed by atoms with Gasteiger partial charge in [-0.1, -0.05) is 58.0 Å². The van der Waals surface area contributed by atoms with Crippen LogP contribution < -0.4 is 0 Å². The summed E-state index contributed by atoms with van der Waals surface area (Å²) >= 11 is 0. The molecule has 1 aromatic carbocycles. The van der Waals surface area contributed by atoms with E-state index in [1.54, 1.807) is 24.9 Å². The third kappa shape index (κ3) is 10.9. The molecule has 1 N–H and O–H groups in total. The maximum absolute atomic E-state index is 15.1. The molecule has 0 bridgehead atoms. The zero-order chi connectivity index (χ0) is 46.5. The molecule has 1 aromatic heterocycles. The minimum Gasteiger partial charge on any atom is -0.458 e. The maximum atomic E-state index is 15.1. The molecule has 5 heterocycles. The van der Waals surface area contributed by atoms with E-state index in [0.29, 0.717) is 32.6 Å². The van der Waals surface area contributed by atoms with Gasteiger partial charge in [0.2, 0.25) is 0 Å². The first kappa shape index (κ1) is 49.6. The molecular formula is C49H72N4O11. The number of hydrogen-bond acceptors (Lipinski definition) is 14. The number of aliphatic hydroxyl groups excluding tert-OH is 1. The Labute approximate surface area is 379 Å². The molecule has 0 saturated carbocycles. The lowest BCUT2D eigenvalue weighted by molar-refractivity contribution is -0.296. The van der Waals surface area contributed by atoms with Gasteiger partial charge in [-0.05, 0) is 85.2 Å². The number of esters is 1. The highest BCUT2D eigenvalue weighted by molar-refractivity contribution is 6.00. The van der Waals surface area contributed by atoms with Crippen molar-refractivity contribution in [3.63, 3.8) is 0 Å². The van der Waals surface area contributed by atoms with Gasteiger partial charge in [0.1, 0.15) is 23.9 Å². The van der Waals surface area contributed by atoms with Crippen LogP contribution in [-0.4, -0.2) is 163 Å². The van der Waals surface area contributed by atoms with Crippen molar-refractivity contribution in [2.45, 2.75) is 135 Å². The Morgan fingerprint density at radius 2 is 1.70 bits per heavy atom. The standard InChI is InChI=1S/C49H72N4O11/c1-11-39-49(8)43(53(47(58)64-49)20-15-19-52-21-24-59-25-22-52)32(4)40(54)30(2)28-48(7,60-23-14-16-35-27-36-17-12-13-18-37(36)50-29-35)44(33(5)41(55)34(6)45(57)62-39)63-46-42(56)38(51(9)10)26-31(3)61-46/h12-14,16-18,27,29-34,38-39,42-44,46,56H,11,15,19-26,28H2,1-10H3/b16-14+/t30-,31-,32+,33+,34-,38+,39-,42-,43-,44-,46+,48-,49-/m1/s1. The van der Waals surface area contributed by atoms with Gasteiger partial charge in [-0.2, -0.15) is 0 Å². The molecule has 4 aliphatic rings. The maximum Gasteiger partial charge on any atom is 0.410 e. The van der Waals surface area contributed by atoms with Crippen molar-refractivity contribution in [2.24, 2.45) is 23.7 Å². The predicted molar refractivity (Wildman–Crippen MR) is 241 cm³/mol. The molecule has 6 rings (SSSR count). The number of nitrogens with zero attached hydrogens (tertiary/aromatic N) is 4. The molecule has 0 aliphatic carbocycles. The van der Waals surface area contributed by atoms with Crippen molar-refractivity contribution in [1.29, 1.82) is 0 Å². The number of carbonyl (C=O) groups excluding carboxylic acids is 4. The largest absolute Gasteiger partial charge is 0.458 e. The second-order valence-electron chi connectivity index (χ2n) is 19.2. The quantitative estimate of drug-likeness (QED) is 0.208. The average Bonchev–Trinajstić information content (AvgIpc) is 3.54. The Morgan fingerprint density at radius 1 is 0.984 bits per heavy atom. The van der Waals surface area contributed by atoms with Crippen LogP contribution in [0.4, 0.5) is 4.79 Å². The number of likely N-dealkylation sites (N-methyl/N-ethyl adjacent to an activating group) is 1. The van der Waals surface area contributed by atoms with E-state index in [0.717, 1.165) is 36.1 Å². The van der Waals surface area contributed by atoms with Gasteiger partial charge in [0, 0.05) is 61.6 Å². The predicted octanol–water partition coefficient (Wildman–Crippen LogP) is 5.54. The zero-order valence-corrected chi connectivity index (χ0v) is 39.6. The first-order chi connectivity index (χ1) is 30.4. The van der Waals surface area contributed by atoms with Gasteiger partial charge >= 0.3 is 12.1 Å². The molecule has 4 aliphatic heterocycles. The van der Waals surface area contributed by atoms with Crippen molar-refractivity contribution in [3.8, 4) is 0 Å². The topological polar surface area (TPSA) is 166 Å². The number of rotatable bonds is 12. The minimum atomic E-state index is -1.41. The van der Waals surface area contributed by atoms with E-state index in [1.165, 1.54) is 6.92 Å². The molecule has 15 nitrogen and oxygen atoms in total. The third-order valence-corrected chi connectivity index (χ3v) is 14.1. The molecule has 4 fully saturated rings. The van der Waals surface area contributed by atoms with Crippen LogP contribution in [0.2, 0.25) is 0 Å². The molecule has 64 heavy (non-hydrogen) atoms. The number of morpholine rings is 1. The minimum absolute atomic E-state index is 0.0566. The van der Waals surface area contributed by atoms with Gasteiger partial charge in [0.25, 0.3) is 0 Å². The number of Topliss-reactive ketones (excluding diaryl/α,β-unsaturated/α-hetero) is 2. The van der Waals surface area contributed by atoms with E-state index in [4.69, 9.17) is 28.4 Å². The van der Waals surface area contributed by atoms with Gasteiger partial charge in [0.05, 0.1) is 49.2 Å². The fourth-order valence-electron chi connectivity index (χ4n) is 10.5. The zero-order valence-electron chi connectivity index (χ0n) is 39.6. The Hall–Kier alpha value is -3.83. The molecule has 13 atom stereocenters. The van der Waals surface area contributed by atoms with Gasteiger partial charge in [0.15, 0.2) is 17.7 Å². The number of aliphatic hydroxyl groups is 1. The fourth-order valence-corrected chi connectivity index (χ4v) is 10.5. The molecule has 354 valence electrons. The van der Waals surface area contributed by atoms with Crippen molar-refractivity contribution >= 4 is 40.6 Å². The van der Waals surface area contributed by atoms with E-state index in [9.17, 15) is 19.5 Å². The lowest BCUT2D eigenvalue weighted by atomic mass is 9.73. The number of ether oxygens (including phenoxy) is 6. The van der Waals surface area contributed by atoms with Crippen LogP contribution in [0.3, 0.4) is 0 Å². The number of pyridine rings is 1. The molecule has 0 spiro atoms. The number of aromatic nitrogens is 1. The summed E-state index contributed by atoms with van der Waals surface area (Å²) in [6.07, 6.45) is 1.87. The van der Waals surface area contributed by atoms with Crippen molar-refractivity contribution in [1.82, 2.24) is 19.7 Å². The summed E-state index contributed by atoms with van der Waals surface area (Å²) < 4.78 is 37.9. The van der Waals surface area contributed by atoms with E-state index in [1.807, 2.05) is 96.1 Å². The summed E-state index contributed by atoms with van der Waals surface area (Å²) in [5.74, 6) is -5.13. The van der Waals surface area contributed by atoms with E-state index < -0.39 is 83.4 Å². The summed E-state index contributed by atoms with van der Waals surface area (Å²) in [5, 5.41) is 12.7. The summed E-state index contributed by atoms with van der Waals surface area (Å²) in [4.78, 5) is 68.4. The molecule has 4 saturated heterocycles. The number of ketones is 2. The molecule has 0 unspecified atom stereocenters. The van der Waals surface area contributed by atoms with Crippen molar-refractivity contribution in [3.05, 3.63) is 48.2 Å². The molecule has 2 aromatic rings. The number of para-hydroxylation sites is 1. The highest BCUT2D eigenvalue weighted by Gasteiger charge is 2.60. The van der Waals surface area contributed by atoms with Crippen molar-refractivity contribution < 1.29 is 52.7 Å². The first-order valence-electron chi connectivity index (χ1n) is 23.3. The summed E-state index contributed by atoms with van der Waals surface area (Å²) in [5.41, 5.74) is -1.05. The SMILES string of the molecule is CC[C@H]1OC(=O)[C@H](C)C(=O)[C@H](C)[C@@H](O[C@@H]2O[C@H](C)C[C@H](N(C)C)[C@H]2O)[C@](C)(OC/C=C/c2cnc3ccccc3c2)C[C@@H](C)C(=O)[C@H](C)[C@H]2N(CCCN3CCOCC3)C(=O)O[C@]12C. The first-order valence-corrected chi connectivity index (χ1v) is 23.3. The Balaban J connectivity index is 1.38. The van der Waals surface area contributed by atoms with Gasteiger partial charge < -0.3 is 43.3 Å². The molecule has 0 radical (unpaired) electrons. The van der Waals surface area contributed by atoms with E-state index in [-0.39, 0.29) is 37.4 Å². The molecule has 15 heteroatoms. The number of amides is 1. The second-order valence-corrected chi connectivity index (χ2v) is 19.2. The highest BCUT2D eigenvalue weighted by Crippen LogP contribution is 2.43. The second kappa shape index (κ2) is 21.2. The average molecular weight is 893 g/mol. The van der Waals surface area contributed by atoms with Crippen LogP contribution in [0.5, 0.6) is 0 Å². The number of cyclic esters (lactones) is 1. The van der Waals surface area contributed by atoms with Gasteiger partial charge in [-0.25, -0.2) is 4.79 Å². The van der Waals surface area contributed by atoms with Gasteiger partial charge in [-0.15, -0.1) is 0 Å². The fraction of sp³-hybridized carbons (Fsp3) is 0.694.